The molecule has 0 saturated heterocycles. The van der Waals surface area contributed by atoms with Crippen molar-refractivity contribution in [2.45, 2.75) is 31.2 Å². The van der Waals surface area contributed by atoms with Crippen LogP contribution in [0.25, 0.3) is 0 Å². The predicted octanol–water partition coefficient (Wildman–Crippen LogP) is -0.453. The molecule has 0 aliphatic heterocycles. The van der Waals surface area contributed by atoms with Gasteiger partial charge in [0, 0.05) is 13.0 Å². The molecule has 0 spiro atoms. The summed E-state index contributed by atoms with van der Waals surface area (Å²) < 4.78 is 4.46. The van der Waals surface area contributed by atoms with Gasteiger partial charge >= 0.3 is 5.97 Å². The number of methoxy groups -OCH3 is 1. The number of nitrogens with two attached hydrogens (primary N) is 1. The SMILES string of the molecule is COC(=O)CCCNC(=O)C1(N)CC1. The van der Waals surface area contributed by atoms with Gasteiger partial charge in [-0.05, 0) is 19.3 Å². The average Bonchev–Trinajstić information content (AvgIpc) is 2.91. The molecule has 1 fully saturated rings. The molecule has 0 aromatic carbocycles. The smallest absolute Gasteiger partial charge is 0.305 e. The molecule has 14 heavy (non-hydrogen) atoms. The second-order valence-corrected chi connectivity index (χ2v) is 3.59. The highest BCUT2D eigenvalue weighted by Gasteiger charge is 2.45. The van der Waals surface area contributed by atoms with Crippen LogP contribution in [0, 0.1) is 0 Å². The van der Waals surface area contributed by atoms with Crippen LogP contribution >= 0.6 is 0 Å². The van der Waals surface area contributed by atoms with Gasteiger partial charge in [-0.15, -0.1) is 0 Å². The first-order valence-electron chi connectivity index (χ1n) is 4.72. The van der Waals surface area contributed by atoms with Gasteiger partial charge in [-0.2, -0.15) is 0 Å². The maximum absolute atomic E-state index is 11.3. The zero-order valence-electron chi connectivity index (χ0n) is 8.34. The standard InChI is InChI=1S/C9H16N2O3/c1-14-7(12)3-2-6-11-8(13)9(10)4-5-9/h2-6,10H2,1H3,(H,11,13). The summed E-state index contributed by atoms with van der Waals surface area (Å²) in [6.45, 7) is 0.479. The van der Waals surface area contributed by atoms with E-state index < -0.39 is 5.54 Å². The average molecular weight is 200 g/mol. The number of carbonyl (C=O) groups excluding carboxylic acids is 2. The molecule has 0 bridgehead atoms. The van der Waals surface area contributed by atoms with Crippen LogP contribution in [0.15, 0.2) is 0 Å². The summed E-state index contributed by atoms with van der Waals surface area (Å²) in [5, 5.41) is 2.69. The van der Waals surface area contributed by atoms with Gasteiger partial charge in [0.25, 0.3) is 0 Å². The molecule has 0 unspecified atom stereocenters. The number of carbonyl (C=O) groups is 2. The Kier molecular flexibility index (Phi) is 3.46. The second kappa shape index (κ2) is 4.41. The summed E-state index contributed by atoms with van der Waals surface area (Å²) >= 11 is 0. The first-order chi connectivity index (χ1) is 6.58. The van der Waals surface area contributed by atoms with Crippen molar-refractivity contribution in [2.24, 2.45) is 5.73 Å². The minimum Gasteiger partial charge on any atom is -0.469 e. The lowest BCUT2D eigenvalue weighted by Gasteiger charge is -2.09. The topological polar surface area (TPSA) is 81.4 Å². The largest absolute Gasteiger partial charge is 0.469 e. The molecule has 0 aromatic heterocycles. The van der Waals surface area contributed by atoms with E-state index in [1.165, 1.54) is 7.11 Å². The third kappa shape index (κ3) is 2.99. The Morgan fingerprint density at radius 2 is 2.14 bits per heavy atom. The van der Waals surface area contributed by atoms with Gasteiger partial charge in [0.2, 0.25) is 5.91 Å². The molecule has 1 rings (SSSR count). The second-order valence-electron chi connectivity index (χ2n) is 3.59. The fourth-order valence-electron chi connectivity index (χ4n) is 1.07. The summed E-state index contributed by atoms with van der Waals surface area (Å²) in [5.74, 6) is -0.365. The lowest BCUT2D eigenvalue weighted by molar-refractivity contribution is -0.140. The molecule has 1 aliphatic rings. The Morgan fingerprint density at radius 1 is 1.50 bits per heavy atom. The fraction of sp³-hybridized carbons (Fsp3) is 0.778. The third-order valence-corrected chi connectivity index (χ3v) is 2.31. The maximum Gasteiger partial charge on any atom is 0.305 e. The van der Waals surface area contributed by atoms with Crippen LogP contribution in [0.2, 0.25) is 0 Å². The van der Waals surface area contributed by atoms with Crippen molar-refractivity contribution in [1.29, 1.82) is 0 Å². The molecule has 0 atom stereocenters. The quantitative estimate of drug-likeness (QED) is 0.465. The highest BCUT2D eigenvalue weighted by Crippen LogP contribution is 2.31. The van der Waals surface area contributed by atoms with Crippen LogP contribution in [0.1, 0.15) is 25.7 Å². The van der Waals surface area contributed by atoms with E-state index in [4.69, 9.17) is 5.73 Å². The lowest BCUT2D eigenvalue weighted by Crippen LogP contribution is -2.43. The Labute approximate surface area is 83.0 Å². The fourth-order valence-corrected chi connectivity index (χ4v) is 1.07. The number of ether oxygens (including phenoxy) is 1. The summed E-state index contributed by atoms with van der Waals surface area (Å²) in [6.07, 6.45) is 2.44. The number of hydrogen-bond donors (Lipinski definition) is 2. The van der Waals surface area contributed by atoms with Crippen LogP contribution < -0.4 is 11.1 Å². The van der Waals surface area contributed by atoms with Gasteiger partial charge in [-0.25, -0.2) is 0 Å². The van der Waals surface area contributed by atoms with E-state index >= 15 is 0 Å². The Bertz CT molecular complexity index is 236. The molecule has 0 aromatic rings. The summed E-state index contributed by atoms with van der Waals surface area (Å²) in [4.78, 5) is 22.0. The molecule has 3 N–H and O–H groups in total. The molecular formula is C9H16N2O3. The minimum atomic E-state index is -0.620. The van der Waals surface area contributed by atoms with Crippen molar-refractivity contribution >= 4 is 11.9 Å². The van der Waals surface area contributed by atoms with Gasteiger partial charge in [-0.3, -0.25) is 9.59 Å². The predicted molar refractivity (Wildman–Crippen MR) is 50.4 cm³/mol. The van der Waals surface area contributed by atoms with E-state index in [1.807, 2.05) is 0 Å². The number of esters is 1. The molecule has 0 radical (unpaired) electrons. The van der Waals surface area contributed by atoms with E-state index in [1.54, 1.807) is 0 Å². The van der Waals surface area contributed by atoms with Crippen LogP contribution in [-0.2, 0) is 14.3 Å². The number of rotatable bonds is 5. The number of hydrogen-bond acceptors (Lipinski definition) is 4. The molecule has 1 saturated carbocycles. The first-order valence-corrected chi connectivity index (χ1v) is 4.72. The highest BCUT2D eigenvalue weighted by molar-refractivity contribution is 5.88. The minimum absolute atomic E-state index is 0.109. The van der Waals surface area contributed by atoms with Gasteiger partial charge in [0.05, 0.1) is 12.6 Å². The lowest BCUT2D eigenvalue weighted by atomic mass is 10.2. The molecular weight excluding hydrogens is 184 g/mol. The van der Waals surface area contributed by atoms with Gasteiger partial charge in [-0.1, -0.05) is 0 Å². The maximum atomic E-state index is 11.3. The van der Waals surface area contributed by atoms with Gasteiger partial charge in [0.15, 0.2) is 0 Å². The van der Waals surface area contributed by atoms with Gasteiger partial charge in [0.1, 0.15) is 0 Å². The van der Waals surface area contributed by atoms with Crippen LogP contribution in [-0.4, -0.2) is 31.1 Å². The van der Waals surface area contributed by atoms with Crippen molar-refractivity contribution < 1.29 is 14.3 Å². The molecule has 5 heteroatoms. The Balaban J connectivity index is 2.04. The van der Waals surface area contributed by atoms with Crippen molar-refractivity contribution in [1.82, 2.24) is 5.32 Å². The van der Waals surface area contributed by atoms with Crippen LogP contribution in [0.4, 0.5) is 0 Å². The third-order valence-electron chi connectivity index (χ3n) is 2.31. The van der Waals surface area contributed by atoms with E-state index in [0.29, 0.717) is 19.4 Å². The molecule has 1 aliphatic carbocycles. The zero-order chi connectivity index (χ0) is 10.6. The van der Waals surface area contributed by atoms with Crippen molar-refractivity contribution in [2.75, 3.05) is 13.7 Å². The van der Waals surface area contributed by atoms with E-state index in [-0.39, 0.29) is 11.9 Å². The Morgan fingerprint density at radius 3 is 2.64 bits per heavy atom. The monoisotopic (exact) mass is 200 g/mol. The van der Waals surface area contributed by atoms with Crippen molar-refractivity contribution in [3.8, 4) is 0 Å². The van der Waals surface area contributed by atoms with Gasteiger partial charge < -0.3 is 15.8 Å². The van der Waals surface area contributed by atoms with Crippen LogP contribution in [0.5, 0.6) is 0 Å². The molecule has 5 nitrogen and oxygen atoms in total. The Hall–Kier alpha value is -1.10. The van der Waals surface area contributed by atoms with E-state index in [0.717, 1.165) is 12.8 Å². The highest BCUT2D eigenvalue weighted by atomic mass is 16.5. The van der Waals surface area contributed by atoms with Crippen molar-refractivity contribution in [3.63, 3.8) is 0 Å². The molecule has 0 heterocycles. The van der Waals surface area contributed by atoms with Crippen molar-refractivity contribution in [3.05, 3.63) is 0 Å². The van der Waals surface area contributed by atoms with E-state index in [2.05, 4.69) is 10.1 Å². The summed E-state index contributed by atoms with van der Waals surface area (Å²) in [5.41, 5.74) is 5.03. The first kappa shape index (κ1) is 11.0. The van der Waals surface area contributed by atoms with E-state index in [9.17, 15) is 9.59 Å². The summed E-state index contributed by atoms with van der Waals surface area (Å²) in [7, 11) is 1.35. The number of nitrogens with one attached hydrogen (secondary N) is 1. The normalized spacial score (nSPS) is 17.3. The number of amides is 1. The summed E-state index contributed by atoms with van der Waals surface area (Å²) in [6, 6.07) is 0. The van der Waals surface area contributed by atoms with Crippen LogP contribution in [0.3, 0.4) is 0 Å². The molecule has 1 amide bonds. The zero-order valence-corrected chi connectivity index (χ0v) is 8.34. The molecule has 80 valence electrons.